The van der Waals surface area contributed by atoms with Crippen molar-refractivity contribution in [3.63, 3.8) is 0 Å². The van der Waals surface area contributed by atoms with E-state index in [-0.39, 0.29) is 29.1 Å². The lowest BCUT2D eigenvalue weighted by molar-refractivity contribution is 0.0947. The zero-order valence-electron chi connectivity index (χ0n) is 23.7. The van der Waals surface area contributed by atoms with Crippen LogP contribution in [0.2, 0.25) is 0 Å². The molecule has 4 aromatic rings. The number of imidazole rings is 1. The summed E-state index contributed by atoms with van der Waals surface area (Å²) in [5.41, 5.74) is 2.10. The SMILES string of the molecule is CCN1CCC([C@H](c2ccc(Nc3ncc(F)c(-c4cc(F)c5nc(C)n(C(C)C)c5c4)n3)nc2)[C@@H](C)O)CC1. The van der Waals surface area contributed by atoms with Gasteiger partial charge in [0.05, 0.1) is 17.8 Å². The topological polar surface area (TPSA) is 92.0 Å². The number of fused-ring (bicyclic) bond motifs is 1. The molecule has 3 aromatic heterocycles. The molecule has 4 heterocycles. The molecule has 5 rings (SSSR count). The number of piperidine rings is 1. The maximum absolute atomic E-state index is 15.0. The van der Waals surface area contributed by atoms with Crippen LogP contribution in [0.25, 0.3) is 22.3 Å². The number of nitrogens with one attached hydrogen (secondary N) is 1. The number of pyridine rings is 1. The highest BCUT2D eigenvalue weighted by molar-refractivity contribution is 5.83. The number of anilines is 2. The van der Waals surface area contributed by atoms with E-state index in [1.807, 2.05) is 44.4 Å². The van der Waals surface area contributed by atoms with E-state index in [1.165, 1.54) is 6.07 Å². The molecular formula is C30H37F2N7O. The number of hydrogen-bond donors (Lipinski definition) is 2. The first-order valence-corrected chi connectivity index (χ1v) is 14.0. The van der Waals surface area contributed by atoms with Crippen LogP contribution in [-0.4, -0.2) is 60.2 Å². The molecule has 1 saturated heterocycles. The fourth-order valence-electron chi connectivity index (χ4n) is 6.05. The van der Waals surface area contributed by atoms with Crippen LogP contribution in [0.5, 0.6) is 0 Å². The Labute approximate surface area is 233 Å². The lowest BCUT2D eigenvalue weighted by atomic mass is 9.78. The maximum atomic E-state index is 15.0. The highest BCUT2D eigenvalue weighted by atomic mass is 19.1. The summed E-state index contributed by atoms with van der Waals surface area (Å²) in [5.74, 6) is 0.514. The summed E-state index contributed by atoms with van der Waals surface area (Å²) in [6.07, 6.45) is 4.43. The van der Waals surface area contributed by atoms with Crippen LogP contribution in [0.4, 0.5) is 20.5 Å². The van der Waals surface area contributed by atoms with E-state index in [0.717, 1.165) is 44.2 Å². The lowest BCUT2D eigenvalue weighted by Crippen LogP contribution is -2.37. The molecule has 2 atom stereocenters. The Morgan fingerprint density at radius 3 is 2.40 bits per heavy atom. The van der Waals surface area contributed by atoms with E-state index < -0.39 is 17.7 Å². The fourth-order valence-corrected chi connectivity index (χ4v) is 6.05. The number of aliphatic hydroxyl groups excluding tert-OH is 1. The number of aliphatic hydroxyl groups is 1. The number of rotatable bonds is 8. The number of hydrogen-bond acceptors (Lipinski definition) is 7. The first-order chi connectivity index (χ1) is 19.2. The summed E-state index contributed by atoms with van der Waals surface area (Å²) in [4.78, 5) is 19.8. The Morgan fingerprint density at radius 2 is 1.77 bits per heavy atom. The van der Waals surface area contributed by atoms with E-state index in [1.54, 1.807) is 12.3 Å². The minimum absolute atomic E-state index is 0.00181. The third-order valence-corrected chi connectivity index (χ3v) is 7.98. The number of aryl methyl sites for hydroxylation is 1. The third-order valence-electron chi connectivity index (χ3n) is 7.98. The van der Waals surface area contributed by atoms with Gasteiger partial charge in [-0.3, -0.25) is 0 Å². The smallest absolute Gasteiger partial charge is 0.229 e. The average molecular weight is 550 g/mol. The maximum Gasteiger partial charge on any atom is 0.229 e. The van der Waals surface area contributed by atoms with Gasteiger partial charge in [-0.1, -0.05) is 13.0 Å². The van der Waals surface area contributed by atoms with Crippen LogP contribution >= 0.6 is 0 Å². The predicted molar refractivity (Wildman–Crippen MR) is 153 cm³/mol. The first-order valence-electron chi connectivity index (χ1n) is 14.0. The van der Waals surface area contributed by atoms with Gasteiger partial charge in [0.15, 0.2) is 11.6 Å². The van der Waals surface area contributed by atoms with E-state index in [4.69, 9.17) is 0 Å². The molecule has 0 amide bonds. The van der Waals surface area contributed by atoms with Gasteiger partial charge in [0, 0.05) is 23.7 Å². The number of halogens is 2. The first kappa shape index (κ1) is 28.0. The van der Waals surface area contributed by atoms with Crippen molar-refractivity contribution < 1.29 is 13.9 Å². The molecule has 1 fully saturated rings. The summed E-state index contributed by atoms with van der Waals surface area (Å²) < 4.78 is 31.8. The zero-order chi connectivity index (χ0) is 28.6. The minimum Gasteiger partial charge on any atom is -0.393 e. The number of nitrogens with zero attached hydrogens (tertiary/aromatic N) is 6. The molecule has 0 aliphatic carbocycles. The van der Waals surface area contributed by atoms with Gasteiger partial charge in [0.25, 0.3) is 0 Å². The van der Waals surface area contributed by atoms with E-state index in [9.17, 15) is 9.50 Å². The van der Waals surface area contributed by atoms with Crippen LogP contribution in [0, 0.1) is 24.5 Å². The van der Waals surface area contributed by atoms with Crippen molar-refractivity contribution >= 4 is 22.8 Å². The standard InChI is InChI=1S/C30H37F2N7O/c1-6-38-11-9-20(10-12-38)27(18(4)40)21-7-8-26(33-15-21)36-30-34-16-24(32)28(37-30)22-13-23(31)29-25(14-22)39(17(2)3)19(5)35-29/h7-8,13-18,20,27,40H,6,9-12H2,1-5H3,(H,33,34,36,37)/t18-,27-/m1/s1. The molecule has 1 aromatic carbocycles. The second-order valence-corrected chi connectivity index (χ2v) is 11.0. The van der Waals surface area contributed by atoms with Gasteiger partial charge in [-0.15, -0.1) is 0 Å². The Kier molecular flexibility index (Phi) is 8.09. The van der Waals surface area contributed by atoms with Crippen molar-refractivity contribution in [3.8, 4) is 11.3 Å². The zero-order valence-corrected chi connectivity index (χ0v) is 23.7. The van der Waals surface area contributed by atoms with Crippen molar-refractivity contribution in [3.05, 3.63) is 59.7 Å². The third kappa shape index (κ3) is 5.55. The number of benzene rings is 1. The van der Waals surface area contributed by atoms with Crippen molar-refractivity contribution in [2.75, 3.05) is 25.0 Å². The Morgan fingerprint density at radius 1 is 1.02 bits per heavy atom. The molecule has 1 aliphatic heterocycles. The number of aromatic nitrogens is 5. The largest absolute Gasteiger partial charge is 0.393 e. The summed E-state index contributed by atoms with van der Waals surface area (Å²) in [6, 6.07) is 6.79. The van der Waals surface area contributed by atoms with Gasteiger partial charge in [-0.25, -0.2) is 28.7 Å². The molecule has 0 saturated carbocycles. The molecule has 10 heteroatoms. The molecular weight excluding hydrogens is 512 g/mol. The minimum atomic E-state index is -0.658. The molecule has 0 unspecified atom stereocenters. The molecule has 2 N–H and O–H groups in total. The summed E-state index contributed by atoms with van der Waals surface area (Å²) in [6.45, 7) is 12.9. The van der Waals surface area contributed by atoms with Gasteiger partial charge >= 0.3 is 0 Å². The van der Waals surface area contributed by atoms with Crippen LogP contribution in [-0.2, 0) is 0 Å². The van der Waals surface area contributed by atoms with Gasteiger partial charge < -0.3 is 19.9 Å². The Balaban J connectivity index is 1.39. The molecule has 212 valence electrons. The second-order valence-electron chi connectivity index (χ2n) is 11.0. The predicted octanol–water partition coefficient (Wildman–Crippen LogP) is 6.00. The van der Waals surface area contributed by atoms with Gasteiger partial charge in [0.2, 0.25) is 5.95 Å². The molecule has 0 spiro atoms. The molecule has 0 radical (unpaired) electrons. The van der Waals surface area contributed by atoms with Crippen LogP contribution in [0.15, 0.2) is 36.7 Å². The van der Waals surface area contributed by atoms with Crippen LogP contribution in [0.3, 0.4) is 0 Å². The molecule has 8 nitrogen and oxygen atoms in total. The van der Waals surface area contributed by atoms with Crippen LogP contribution < -0.4 is 5.32 Å². The van der Waals surface area contributed by atoms with Crippen molar-refractivity contribution in [1.29, 1.82) is 0 Å². The van der Waals surface area contributed by atoms with E-state index in [2.05, 4.69) is 37.1 Å². The summed E-state index contributed by atoms with van der Waals surface area (Å²) >= 11 is 0. The summed E-state index contributed by atoms with van der Waals surface area (Å²) in [5, 5.41) is 13.6. The molecule has 1 aliphatic rings. The van der Waals surface area contributed by atoms with Crippen molar-refractivity contribution in [1.82, 2.24) is 29.4 Å². The van der Waals surface area contributed by atoms with Gasteiger partial charge in [-0.05, 0) is 89.9 Å². The quantitative estimate of drug-likeness (QED) is 0.279. The second kappa shape index (κ2) is 11.5. The van der Waals surface area contributed by atoms with E-state index >= 15 is 4.39 Å². The van der Waals surface area contributed by atoms with E-state index in [0.29, 0.717) is 28.6 Å². The average Bonchev–Trinajstić information content (AvgIpc) is 3.27. The normalized spacial score (nSPS) is 16.5. The highest BCUT2D eigenvalue weighted by Crippen LogP contribution is 2.36. The molecule has 0 bridgehead atoms. The van der Waals surface area contributed by atoms with Gasteiger partial charge in [0.1, 0.15) is 22.9 Å². The fraction of sp³-hybridized carbons (Fsp3) is 0.467. The summed E-state index contributed by atoms with van der Waals surface area (Å²) in [7, 11) is 0. The molecule has 40 heavy (non-hydrogen) atoms. The monoisotopic (exact) mass is 549 g/mol. The Bertz CT molecular complexity index is 1480. The highest BCUT2D eigenvalue weighted by Gasteiger charge is 2.30. The van der Waals surface area contributed by atoms with Crippen molar-refractivity contribution in [2.24, 2.45) is 5.92 Å². The lowest BCUT2D eigenvalue weighted by Gasteiger charge is -2.37. The Hall–Kier alpha value is -3.50. The van der Waals surface area contributed by atoms with Gasteiger partial charge in [-0.2, -0.15) is 0 Å². The van der Waals surface area contributed by atoms with Crippen molar-refractivity contribution in [2.45, 2.75) is 65.5 Å². The number of likely N-dealkylation sites (tertiary alicyclic amines) is 1. The van der Waals surface area contributed by atoms with Crippen LogP contribution in [0.1, 0.15) is 63.9 Å².